The lowest BCUT2D eigenvalue weighted by Crippen LogP contribution is -2.55. The second kappa shape index (κ2) is 10.1. The van der Waals surface area contributed by atoms with Crippen molar-refractivity contribution in [2.24, 2.45) is 0 Å². The Balaban J connectivity index is 2.42. The topological polar surface area (TPSA) is 46.6 Å². The van der Waals surface area contributed by atoms with Crippen molar-refractivity contribution in [3.05, 3.63) is 0 Å². The van der Waals surface area contributed by atoms with Gasteiger partial charge in [-0.1, -0.05) is 45.4 Å². The van der Waals surface area contributed by atoms with Gasteiger partial charge in [0.1, 0.15) is 6.04 Å². The average Bonchev–Trinajstić information content (AvgIpc) is 3.04. The van der Waals surface area contributed by atoms with Gasteiger partial charge in [0.05, 0.1) is 6.61 Å². The number of hydrogen-bond acceptors (Lipinski definition) is 3. The number of carbonyl (C=O) groups is 2. The fraction of sp³-hybridized carbons (Fsp3) is 0.882. The van der Waals surface area contributed by atoms with E-state index in [1.54, 1.807) is 0 Å². The van der Waals surface area contributed by atoms with Gasteiger partial charge in [0.15, 0.2) is 0 Å². The molecule has 0 radical (unpaired) electrons. The second-order valence-corrected chi connectivity index (χ2v) is 6.52. The Hall–Kier alpha value is -1.41. The van der Waals surface area contributed by atoms with Crippen LogP contribution in [0, 0.1) is 0 Å². The number of rotatable bonds is 10. The molecular weight excluding hydrogens is 361 g/mol. The van der Waals surface area contributed by atoms with Crippen molar-refractivity contribution in [3.8, 4) is 0 Å². The number of nitrogens with zero attached hydrogens (tertiary/aromatic N) is 1. The van der Waals surface area contributed by atoms with Gasteiger partial charge in [-0.05, 0) is 19.3 Å². The Kier molecular flexibility index (Phi) is 8.76. The number of ether oxygens (including phenoxy) is 1. The zero-order chi connectivity index (χ0) is 19.8. The molecule has 0 aromatic rings. The highest BCUT2D eigenvalue weighted by Crippen LogP contribution is 2.38. The van der Waals surface area contributed by atoms with Crippen LogP contribution in [-0.4, -0.2) is 48.1 Å². The number of carbonyl (C=O) groups excluding carboxylic acids is 2. The molecule has 4 nitrogen and oxygen atoms in total. The van der Waals surface area contributed by atoms with Crippen LogP contribution in [0.25, 0.3) is 0 Å². The van der Waals surface area contributed by atoms with Crippen molar-refractivity contribution in [3.63, 3.8) is 0 Å². The van der Waals surface area contributed by atoms with Crippen LogP contribution in [0.2, 0.25) is 0 Å². The fourth-order valence-electron chi connectivity index (χ4n) is 2.88. The van der Waals surface area contributed by atoms with Gasteiger partial charge in [-0.25, -0.2) is 4.79 Å². The third kappa shape index (κ3) is 6.09. The molecule has 26 heavy (non-hydrogen) atoms. The summed E-state index contributed by atoms with van der Waals surface area (Å²) in [7, 11) is 0. The molecule has 152 valence electrons. The zero-order valence-electron chi connectivity index (χ0n) is 14.9. The van der Waals surface area contributed by atoms with E-state index in [-0.39, 0.29) is 26.0 Å². The molecule has 0 aliphatic carbocycles. The van der Waals surface area contributed by atoms with Crippen LogP contribution >= 0.6 is 0 Å². The van der Waals surface area contributed by atoms with Gasteiger partial charge < -0.3 is 9.64 Å². The van der Waals surface area contributed by atoms with Crippen LogP contribution in [0.1, 0.15) is 64.7 Å². The van der Waals surface area contributed by atoms with E-state index >= 15 is 0 Å². The molecule has 1 unspecified atom stereocenters. The van der Waals surface area contributed by atoms with Crippen molar-refractivity contribution in [2.45, 2.75) is 82.9 Å². The Labute approximate surface area is 150 Å². The first-order valence-corrected chi connectivity index (χ1v) is 9.05. The first kappa shape index (κ1) is 22.6. The monoisotopic (exact) mass is 387 g/mol. The van der Waals surface area contributed by atoms with Gasteiger partial charge in [0.2, 0.25) is 0 Å². The molecule has 1 atom stereocenters. The molecule has 1 fully saturated rings. The quantitative estimate of drug-likeness (QED) is 0.316. The van der Waals surface area contributed by atoms with Crippen LogP contribution < -0.4 is 0 Å². The van der Waals surface area contributed by atoms with Gasteiger partial charge in [-0.3, -0.25) is 4.79 Å². The summed E-state index contributed by atoms with van der Waals surface area (Å²) >= 11 is 0. The summed E-state index contributed by atoms with van der Waals surface area (Å²) in [4.78, 5) is 23.8. The van der Waals surface area contributed by atoms with Crippen molar-refractivity contribution in [1.82, 2.24) is 4.90 Å². The summed E-state index contributed by atoms with van der Waals surface area (Å²) in [6.07, 6.45) is 1.18. The normalized spacial score (nSPS) is 18.2. The van der Waals surface area contributed by atoms with E-state index in [1.807, 2.05) is 0 Å². The van der Waals surface area contributed by atoms with Crippen molar-refractivity contribution < 1.29 is 36.3 Å². The van der Waals surface area contributed by atoms with Crippen LogP contribution in [0.4, 0.5) is 22.0 Å². The Bertz CT molecular complexity index is 468. The van der Waals surface area contributed by atoms with Gasteiger partial charge in [0, 0.05) is 6.54 Å². The molecular formula is C17H26F5NO3. The maximum absolute atomic E-state index is 13.2. The van der Waals surface area contributed by atoms with Crippen molar-refractivity contribution >= 4 is 11.9 Å². The maximum Gasteiger partial charge on any atom is 0.463 e. The SMILES string of the molecule is CCCCCCCCCOC(=O)C1CCCN1C(=O)C(F)(F)C(F)(F)F. The standard InChI is InChI=1S/C17H26F5NO3/c1-2-3-4-5-6-7-8-12-26-14(24)13-10-9-11-23(13)15(25)16(18,19)17(20,21)22/h13H,2-12H2,1H3. The molecule has 1 amide bonds. The first-order chi connectivity index (χ1) is 12.1. The number of halogens is 5. The summed E-state index contributed by atoms with van der Waals surface area (Å²) in [6.45, 7) is 1.86. The summed E-state index contributed by atoms with van der Waals surface area (Å²) in [6, 6.07) is -1.37. The first-order valence-electron chi connectivity index (χ1n) is 9.05. The smallest absolute Gasteiger partial charge is 0.463 e. The third-order valence-corrected chi connectivity index (χ3v) is 4.40. The molecule has 0 aromatic carbocycles. The Morgan fingerprint density at radius 2 is 1.58 bits per heavy atom. The third-order valence-electron chi connectivity index (χ3n) is 4.40. The van der Waals surface area contributed by atoms with E-state index in [0.717, 1.165) is 32.1 Å². The summed E-state index contributed by atoms with van der Waals surface area (Å²) < 4.78 is 68.5. The van der Waals surface area contributed by atoms with Gasteiger partial charge in [0.25, 0.3) is 0 Å². The Morgan fingerprint density at radius 3 is 2.15 bits per heavy atom. The summed E-state index contributed by atoms with van der Waals surface area (Å²) in [5, 5.41) is 0. The highest BCUT2D eigenvalue weighted by molar-refractivity contribution is 5.89. The van der Waals surface area contributed by atoms with Gasteiger partial charge in [-0.15, -0.1) is 0 Å². The van der Waals surface area contributed by atoms with E-state index in [0.29, 0.717) is 11.3 Å². The lowest BCUT2D eigenvalue weighted by molar-refractivity contribution is -0.274. The Morgan fingerprint density at radius 1 is 1.00 bits per heavy atom. The molecule has 0 N–H and O–H groups in total. The molecule has 1 heterocycles. The molecule has 1 saturated heterocycles. The molecule has 9 heteroatoms. The molecule has 1 aliphatic rings. The maximum atomic E-state index is 13.2. The molecule has 1 rings (SSSR count). The minimum absolute atomic E-state index is 0.0233. The highest BCUT2D eigenvalue weighted by atomic mass is 19.4. The molecule has 0 spiro atoms. The van der Waals surface area contributed by atoms with E-state index in [2.05, 4.69) is 6.92 Å². The van der Waals surface area contributed by atoms with E-state index < -0.39 is 30.0 Å². The predicted molar refractivity (Wildman–Crippen MR) is 84.7 cm³/mol. The van der Waals surface area contributed by atoms with Gasteiger partial charge in [-0.2, -0.15) is 22.0 Å². The highest BCUT2D eigenvalue weighted by Gasteiger charge is 2.65. The van der Waals surface area contributed by atoms with Crippen molar-refractivity contribution in [1.29, 1.82) is 0 Å². The molecule has 0 bridgehead atoms. The van der Waals surface area contributed by atoms with Crippen molar-refractivity contribution in [2.75, 3.05) is 13.2 Å². The summed E-state index contributed by atoms with van der Waals surface area (Å²) in [5.41, 5.74) is 0. The zero-order valence-corrected chi connectivity index (χ0v) is 14.9. The number of amides is 1. The van der Waals surface area contributed by atoms with Gasteiger partial charge >= 0.3 is 24.0 Å². The van der Waals surface area contributed by atoms with Crippen LogP contribution in [-0.2, 0) is 14.3 Å². The van der Waals surface area contributed by atoms with Crippen LogP contribution in [0.3, 0.4) is 0 Å². The summed E-state index contributed by atoms with van der Waals surface area (Å²) in [5.74, 6) is -8.81. The van der Waals surface area contributed by atoms with E-state index in [9.17, 15) is 31.5 Å². The number of esters is 1. The molecule has 0 aromatic heterocycles. The minimum atomic E-state index is -5.99. The fourth-order valence-corrected chi connectivity index (χ4v) is 2.88. The number of likely N-dealkylation sites (tertiary alicyclic amines) is 1. The van der Waals surface area contributed by atoms with E-state index in [4.69, 9.17) is 4.74 Å². The van der Waals surface area contributed by atoms with E-state index in [1.165, 1.54) is 6.42 Å². The molecule has 1 aliphatic heterocycles. The largest absolute Gasteiger partial charge is 0.464 e. The number of alkyl halides is 5. The molecule has 0 saturated carbocycles. The second-order valence-electron chi connectivity index (χ2n) is 6.52. The minimum Gasteiger partial charge on any atom is -0.464 e. The number of hydrogen-bond donors (Lipinski definition) is 0. The lowest BCUT2D eigenvalue weighted by atomic mass is 10.1. The predicted octanol–water partition coefficient (Wildman–Crippen LogP) is 4.47. The van der Waals surface area contributed by atoms with Crippen LogP contribution in [0.5, 0.6) is 0 Å². The van der Waals surface area contributed by atoms with Crippen LogP contribution in [0.15, 0.2) is 0 Å². The lowest BCUT2D eigenvalue weighted by Gasteiger charge is -2.28. The number of unbranched alkanes of at least 4 members (excludes halogenated alkanes) is 6. The average molecular weight is 387 g/mol.